The number of nitrogens with one attached hydrogen (secondary N) is 2. The summed E-state index contributed by atoms with van der Waals surface area (Å²) < 4.78 is 0. The van der Waals surface area contributed by atoms with Crippen molar-refractivity contribution in [1.29, 1.82) is 0 Å². The van der Waals surface area contributed by atoms with Crippen LogP contribution in [0.2, 0.25) is 0 Å². The standard InChI is InChI=1S/C15H32N2O/c1-13(2)9-8-12-17-15(18)10-6-5-7-11-16-14(3)4/h13-14,16H,5-12H2,1-4H3,(H,17,18). The van der Waals surface area contributed by atoms with Crippen molar-refractivity contribution in [2.45, 2.75) is 72.3 Å². The lowest BCUT2D eigenvalue weighted by molar-refractivity contribution is -0.121. The van der Waals surface area contributed by atoms with E-state index < -0.39 is 0 Å². The van der Waals surface area contributed by atoms with Gasteiger partial charge in [-0.2, -0.15) is 0 Å². The van der Waals surface area contributed by atoms with E-state index in [4.69, 9.17) is 0 Å². The smallest absolute Gasteiger partial charge is 0.219 e. The van der Waals surface area contributed by atoms with Gasteiger partial charge in [-0.15, -0.1) is 0 Å². The molecule has 0 spiro atoms. The highest BCUT2D eigenvalue weighted by Crippen LogP contribution is 2.02. The van der Waals surface area contributed by atoms with Gasteiger partial charge in [-0.3, -0.25) is 4.79 Å². The zero-order valence-electron chi connectivity index (χ0n) is 12.7. The molecule has 0 aliphatic rings. The SMILES string of the molecule is CC(C)CCCNC(=O)CCCCCNC(C)C. The van der Waals surface area contributed by atoms with Crippen LogP contribution in [0.1, 0.15) is 66.2 Å². The normalized spacial score (nSPS) is 11.2. The zero-order chi connectivity index (χ0) is 13.8. The molecule has 0 heterocycles. The largest absolute Gasteiger partial charge is 0.356 e. The Kier molecular flexibility index (Phi) is 11.2. The molecule has 0 saturated carbocycles. The van der Waals surface area contributed by atoms with Gasteiger partial charge in [0.15, 0.2) is 0 Å². The van der Waals surface area contributed by atoms with E-state index in [0.29, 0.717) is 12.5 Å². The Balaban J connectivity index is 3.22. The van der Waals surface area contributed by atoms with Crippen molar-refractivity contribution in [3.63, 3.8) is 0 Å². The lowest BCUT2D eigenvalue weighted by atomic mass is 10.1. The van der Waals surface area contributed by atoms with Crippen LogP contribution in [-0.2, 0) is 4.79 Å². The minimum Gasteiger partial charge on any atom is -0.356 e. The molecule has 2 N–H and O–H groups in total. The minimum absolute atomic E-state index is 0.218. The second-order valence-corrected chi connectivity index (χ2v) is 5.81. The summed E-state index contributed by atoms with van der Waals surface area (Å²) in [4.78, 5) is 11.5. The molecular weight excluding hydrogens is 224 g/mol. The third kappa shape index (κ3) is 13.5. The summed E-state index contributed by atoms with van der Waals surface area (Å²) in [5, 5.41) is 6.38. The second-order valence-electron chi connectivity index (χ2n) is 5.81. The lowest BCUT2D eigenvalue weighted by Crippen LogP contribution is -2.25. The highest BCUT2D eigenvalue weighted by atomic mass is 16.1. The van der Waals surface area contributed by atoms with Crippen LogP contribution in [-0.4, -0.2) is 25.0 Å². The fourth-order valence-electron chi connectivity index (χ4n) is 1.80. The minimum atomic E-state index is 0.218. The Labute approximate surface area is 113 Å². The van der Waals surface area contributed by atoms with Crippen LogP contribution < -0.4 is 10.6 Å². The van der Waals surface area contributed by atoms with Gasteiger partial charge in [0.1, 0.15) is 0 Å². The Bertz CT molecular complexity index is 203. The molecule has 0 aliphatic carbocycles. The molecule has 18 heavy (non-hydrogen) atoms. The number of carbonyl (C=O) groups is 1. The number of amides is 1. The Hall–Kier alpha value is -0.570. The molecule has 108 valence electrons. The van der Waals surface area contributed by atoms with Gasteiger partial charge < -0.3 is 10.6 Å². The van der Waals surface area contributed by atoms with E-state index in [9.17, 15) is 4.79 Å². The van der Waals surface area contributed by atoms with E-state index in [1.807, 2.05) is 0 Å². The second kappa shape index (κ2) is 11.5. The number of unbranched alkanes of at least 4 members (excludes halogenated alkanes) is 2. The molecular formula is C15H32N2O. The van der Waals surface area contributed by atoms with Crippen LogP contribution in [0.25, 0.3) is 0 Å². The van der Waals surface area contributed by atoms with Crippen LogP contribution in [0, 0.1) is 5.92 Å². The van der Waals surface area contributed by atoms with Crippen LogP contribution in [0.15, 0.2) is 0 Å². The molecule has 0 rings (SSSR count). The van der Waals surface area contributed by atoms with Crippen LogP contribution in [0.3, 0.4) is 0 Å². The fraction of sp³-hybridized carbons (Fsp3) is 0.933. The molecule has 0 aliphatic heterocycles. The molecule has 0 bridgehead atoms. The Morgan fingerprint density at radius 2 is 1.67 bits per heavy atom. The molecule has 0 radical (unpaired) electrons. The van der Waals surface area contributed by atoms with Crippen LogP contribution >= 0.6 is 0 Å². The van der Waals surface area contributed by atoms with Crippen molar-refractivity contribution in [3.8, 4) is 0 Å². The maximum Gasteiger partial charge on any atom is 0.219 e. The molecule has 0 fully saturated rings. The number of hydrogen-bond donors (Lipinski definition) is 2. The topological polar surface area (TPSA) is 41.1 Å². The van der Waals surface area contributed by atoms with Gasteiger partial charge in [0, 0.05) is 19.0 Å². The average Bonchev–Trinajstić information content (AvgIpc) is 2.28. The molecule has 0 atom stereocenters. The van der Waals surface area contributed by atoms with Crippen molar-refractivity contribution in [3.05, 3.63) is 0 Å². The number of rotatable bonds is 11. The first-order chi connectivity index (χ1) is 8.52. The van der Waals surface area contributed by atoms with E-state index in [1.165, 1.54) is 12.8 Å². The first kappa shape index (κ1) is 17.4. The lowest BCUT2D eigenvalue weighted by Gasteiger charge is -2.08. The Morgan fingerprint density at radius 3 is 2.28 bits per heavy atom. The molecule has 0 saturated heterocycles. The third-order valence-corrected chi connectivity index (χ3v) is 2.91. The maximum atomic E-state index is 11.5. The summed E-state index contributed by atoms with van der Waals surface area (Å²) in [6, 6.07) is 0.564. The quantitative estimate of drug-likeness (QED) is 0.558. The first-order valence-electron chi connectivity index (χ1n) is 7.52. The third-order valence-electron chi connectivity index (χ3n) is 2.91. The van der Waals surface area contributed by atoms with Crippen molar-refractivity contribution in [1.82, 2.24) is 10.6 Å². The summed E-state index contributed by atoms with van der Waals surface area (Å²) in [5.74, 6) is 0.950. The first-order valence-corrected chi connectivity index (χ1v) is 7.52. The van der Waals surface area contributed by atoms with Crippen LogP contribution in [0.4, 0.5) is 0 Å². The predicted octanol–water partition coefficient (Wildman–Crippen LogP) is 3.10. The van der Waals surface area contributed by atoms with Gasteiger partial charge in [0.2, 0.25) is 5.91 Å². The van der Waals surface area contributed by atoms with Crippen molar-refractivity contribution >= 4 is 5.91 Å². The van der Waals surface area contributed by atoms with Gasteiger partial charge in [0.25, 0.3) is 0 Å². The van der Waals surface area contributed by atoms with Crippen LogP contribution in [0.5, 0.6) is 0 Å². The van der Waals surface area contributed by atoms with Crippen molar-refractivity contribution in [2.24, 2.45) is 5.92 Å². The summed E-state index contributed by atoms with van der Waals surface area (Å²) in [6.45, 7) is 10.6. The van der Waals surface area contributed by atoms with Gasteiger partial charge in [0.05, 0.1) is 0 Å². The van der Waals surface area contributed by atoms with Gasteiger partial charge in [-0.1, -0.05) is 34.1 Å². The molecule has 0 aromatic rings. The Morgan fingerprint density at radius 1 is 0.944 bits per heavy atom. The van der Waals surface area contributed by atoms with E-state index >= 15 is 0 Å². The molecule has 1 amide bonds. The van der Waals surface area contributed by atoms with Crippen molar-refractivity contribution in [2.75, 3.05) is 13.1 Å². The summed E-state index contributed by atoms with van der Waals surface area (Å²) >= 11 is 0. The van der Waals surface area contributed by atoms with Gasteiger partial charge in [-0.25, -0.2) is 0 Å². The maximum absolute atomic E-state index is 11.5. The molecule has 0 aromatic carbocycles. The molecule has 0 unspecified atom stereocenters. The summed E-state index contributed by atoms with van der Waals surface area (Å²) in [5.41, 5.74) is 0. The number of carbonyl (C=O) groups excluding carboxylic acids is 1. The fourth-order valence-corrected chi connectivity index (χ4v) is 1.80. The zero-order valence-corrected chi connectivity index (χ0v) is 12.7. The van der Waals surface area contributed by atoms with E-state index in [-0.39, 0.29) is 5.91 Å². The summed E-state index contributed by atoms with van der Waals surface area (Å²) in [7, 11) is 0. The van der Waals surface area contributed by atoms with E-state index in [1.54, 1.807) is 0 Å². The molecule has 0 aromatic heterocycles. The number of hydrogen-bond acceptors (Lipinski definition) is 2. The molecule has 3 heteroatoms. The van der Waals surface area contributed by atoms with Gasteiger partial charge in [-0.05, 0) is 38.1 Å². The summed E-state index contributed by atoms with van der Waals surface area (Å²) in [6.07, 6.45) is 6.29. The van der Waals surface area contributed by atoms with E-state index in [2.05, 4.69) is 38.3 Å². The monoisotopic (exact) mass is 256 g/mol. The average molecular weight is 256 g/mol. The molecule has 3 nitrogen and oxygen atoms in total. The predicted molar refractivity (Wildman–Crippen MR) is 78.7 cm³/mol. The highest BCUT2D eigenvalue weighted by molar-refractivity contribution is 5.75. The van der Waals surface area contributed by atoms with E-state index in [0.717, 1.165) is 38.3 Å². The highest BCUT2D eigenvalue weighted by Gasteiger charge is 2.01. The van der Waals surface area contributed by atoms with Gasteiger partial charge >= 0.3 is 0 Å². The van der Waals surface area contributed by atoms with Crippen molar-refractivity contribution < 1.29 is 4.79 Å².